The fraction of sp³-hybridized carbons (Fsp3) is 0.368. The number of ether oxygens (including phenoxy) is 1. The Balaban J connectivity index is 1.78. The van der Waals surface area contributed by atoms with Crippen molar-refractivity contribution in [2.75, 3.05) is 0 Å². The molecule has 1 saturated carbocycles. The van der Waals surface area contributed by atoms with E-state index >= 15 is 0 Å². The Hall–Kier alpha value is -2.16. The molecule has 1 heterocycles. The van der Waals surface area contributed by atoms with Crippen LogP contribution in [0.2, 0.25) is 0 Å². The summed E-state index contributed by atoms with van der Waals surface area (Å²) in [6.07, 6.45) is 3.52. The van der Waals surface area contributed by atoms with Crippen LogP contribution in [0.1, 0.15) is 48.0 Å². The van der Waals surface area contributed by atoms with E-state index in [9.17, 15) is 10.2 Å². The summed E-state index contributed by atoms with van der Waals surface area (Å²) in [7, 11) is 0. The molecule has 2 N–H and O–H groups in total. The molecule has 1 fully saturated rings. The molecule has 2 aromatic rings. The van der Waals surface area contributed by atoms with Crippen molar-refractivity contribution in [2.24, 2.45) is 5.92 Å². The van der Waals surface area contributed by atoms with Crippen molar-refractivity contribution in [1.29, 1.82) is 0 Å². The fourth-order valence-electron chi connectivity index (χ4n) is 4.07. The van der Waals surface area contributed by atoms with Gasteiger partial charge in [-0.3, -0.25) is 0 Å². The van der Waals surface area contributed by atoms with Crippen molar-refractivity contribution in [2.45, 2.75) is 38.2 Å². The summed E-state index contributed by atoms with van der Waals surface area (Å²) < 4.78 is 6.29. The van der Waals surface area contributed by atoms with Gasteiger partial charge in [-0.2, -0.15) is 0 Å². The largest absolute Gasteiger partial charge is 0.508 e. The molecule has 3 atom stereocenters. The topological polar surface area (TPSA) is 49.7 Å². The van der Waals surface area contributed by atoms with Gasteiger partial charge in [0.15, 0.2) is 0 Å². The molecule has 0 radical (unpaired) electrons. The van der Waals surface area contributed by atoms with Crippen LogP contribution in [0.5, 0.6) is 17.2 Å². The smallest absolute Gasteiger partial charge is 0.127 e. The minimum atomic E-state index is 0.0313. The highest BCUT2D eigenvalue weighted by Gasteiger charge is 2.42. The standard InChI is InChI=1S/C19H20O3/c1-11-9-12(5-7-17(11)21)19-15-4-2-3-14(15)16-10-13(20)6-8-18(16)22-19/h5-10,14-15,19-21H,2-4H2,1H3/t14-,15+,19+/m0/s1. The summed E-state index contributed by atoms with van der Waals surface area (Å²) in [5.74, 6) is 2.42. The maximum Gasteiger partial charge on any atom is 0.127 e. The van der Waals surface area contributed by atoms with Gasteiger partial charge in [0.05, 0.1) is 0 Å². The van der Waals surface area contributed by atoms with Crippen LogP contribution in [0.3, 0.4) is 0 Å². The molecule has 22 heavy (non-hydrogen) atoms. The van der Waals surface area contributed by atoms with E-state index in [1.165, 1.54) is 6.42 Å². The SMILES string of the molecule is Cc1cc([C@H]2Oc3ccc(O)cc3[C@H]3CCC[C@H]32)ccc1O. The van der Waals surface area contributed by atoms with Gasteiger partial charge in [0.25, 0.3) is 0 Å². The Morgan fingerprint density at radius 2 is 1.91 bits per heavy atom. The fourth-order valence-corrected chi connectivity index (χ4v) is 4.07. The number of hydrogen-bond donors (Lipinski definition) is 2. The quantitative estimate of drug-likeness (QED) is 0.818. The van der Waals surface area contributed by atoms with Crippen LogP contribution in [0.25, 0.3) is 0 Å². The number of aryl methyl sites for hydroxylation is 1. The van der Waals surface area contributed by atoms with E-state index in [4.69, 9.17) is 4.74 Å². The molecule has 0 aromatic heterocycles. The van der Waals surface area contributed by atoms with E-state index in [0.29, 0.717) is 23.3 Å². The molecule has 1 aliphatic heterocycles. The van der Waals surface area contributed by atoms with Gasteiger partial charge >= 0.3 is 0 Å². The average molecular weight is 296 g/mol. The highest BCUT2D eigenvalue weighted by Crippen LogP contribution is 2.54. The second kappa shape index (κ2) is 4.94. The first kappa shape index (κ1) is 13.5. The molecule has 0 unspecified atom stereocenters. The van der Waals surface area contributed by atoms with Gasteiger partial charge in [-0.05, 0) is 67.1 Å². The van der Waals surface area contributed by atoms with E-state index in [1.807, 2.05) is 31.2 Å². The first-order valence-electron chi connectivity index (χ1n) is 7.92. The molecule has 114 valence electrons. The van der Waals surface area contributed by atoms with Crippen LogP contribution >= 0.6 is 0 Å². The minimum Gasteiger partial charge on any atom is -0.508 e. The van der Waals surface area contributed by atoms with Crippen molar-refractivity contribution < 1.29 is 14.9 Å². The van der Waals surface area contributed by atoms with E-state index in [1.54, 1.807) is 12.1 Å². The lowest BCUT2D eigenvalue weighted by atomic mass is 9.80. The van der Waals surface area contributed by atoms with Gasteiger partial charge in [0, 0.05) is 11.5 Å². The first-order valence-corrected chi connectivity index (χ1v) is 7.92. The minimum absolute atomic E-state index is 0.0313. The van der Waals surface area contributed by atoms with Crippen LogP contribution in [-0.2, 0) is 0 Å². The zero-order valence-corrected chi connectivity index (χ0v) is 12.6. The van der Waals surface area contributed by atoms with Crippen LogP contribution in [0.15, 0.2) is 36.4 Å². The molecule has 4 rings (SSSR count). The van der Waals surface area contributed by atoms with Crippen molar-refractivity contribution in [3.8, 4) is 17.2 Å². The van der Waals surface area contributed by atoms with Gasteiger partial charge in [-0.25, -0.2) is 0 Å². The summed E-state index contributed by atoms with van der Waals surface area (Å²) in [5, 5.41) is 19.5. The first-order chi connectivity index (χ1) is 10.6. The number of fused-ring (bicyclic) bond motifs is 3. The van der Waals surface area contributed by atoms with Crippen molar-refractivity contribution in [3.63, 3.8) is 0 Å². The van der Waals surface area contributed by atoms with Crippen molar-refractivity contribution >= 4 is 0 Å². The number of aromatic hydroxyl groups is 2. The van der Waals surface area contributed by atoms with Crippen molar-refractivity contribution in [1.82, 2.24) is 0 Å². The maximum absolute atomic E-state index is 9.77. The lowest BCUT2D eigenvalue weighted by Gasteiger charge is -2.36. The number of phenolic OH excluding ortho intramolecular Hbond substituents is 2. The molecule has 0 bridgehead atoms. The third-order valence-corrected chi connectivity index (χ3v) is 5.15. The van der Waals surface area contributed by atoms with Crippen LogP contribution in [0.4, 0.5) is 0 Å². The zero-order valence-electron chi connectivity index (χ0n) is 12.6. The molecule has 3 nitrogen and oxygen atoms in total. The molecule has 2 aliphatic rings. The summed E-state index contributed by atoms with van der Waals surface area (Å²) in [5.41, 5.74) is 3.16. The summed E-state index contributed by atoms with van der Waals surface area (Å²) in [6, 6.07) is 11.2. The van der Waals surface area contributed by atoms with Gasteiger partial charge in [-0.1, -0.05) is 12.5 Å². The van der Waals surface area contributed by atoms with E-state index < -0.39 is 0 Å². The molecule has 0 saturated heterocycles. The normalized spacial score (nSPS) is 26.1. The van der Waals surface area contributed by atoms with Gasteiger partial charge in [-0.15, -0.1) is 0 Å². The van der Waals surface area contributed by atoms with Crippen molar-refractivity contribution in [3.05, 3.63) is 53.1 Å². The summed E-state index contributed by atoms with van der Waals surface area (Å²) in [6.45, 7) is 1.92. The third kappa shape index (κ3) is 2.04. The Bertz CT molecular complexity index is 723. The molecule has 3 heteroatoms. The molecule has 0 spiro atoms. The molecule has 0 amide bonds. The maximum atomic E-state index is 9.77. The third-order valence-electron chi connectivity index (χ3n) is 5.15. The number of phenols is 2. The van der Waals surface area contributed by atoms with E-state index in [2.05, 4.69) is 0 Å². The van der Waals surface area contributed by atoms with Crippen LogP contribution < -0.4 is 4.74 Å². The number of hydrogen-bond acceptors (Lipinski definition) is 3. The Labute approximate surface area is 130 Å². The summed E-state index contributed by atoms with van der Waals surface area (Å²) >= 11 is 0. The Morgan fingerprint density at radius 1 is 1.05 bits per heavy atom. The van der Waals surface area contributed by atoms with Gasteiger partial charge in [0.1, 0.15) is 23.4 Å². The predicted molar refractivity (Wildman–Crippen MR) is 84.4 cm³/mol. The monoisotopic (exact) mass is 296 g/mol. The second-order valence-electron chi connectivity index (χ2n) is 6.51. The highest BCUT2D eigenvalue weighted by atomic mass is 16.5. The van der Waals surface area contributed by atoms with Gasteiger partial charge in [0.2, 0.25) is 0 Å². The molecule has 2 aromatic carbocycles. The zero-order chi connectivity index (χ0) is 15.3. The van der Waals surface area contributed by atoms with Gasteiger partial charge < -0.3 is 14.9 Å². The number of rotatable bonds is 1. The average Bonchev–Trinajstić information content (AvgIpc) is 2.99. The second-order valence-corrected chi connectivity index (χ2v) is 6.51. The lowest BCUT2D eigenvalue weighted by molar-refractivity contribution is 0.104. The molecular weight excluding hydrogens is 276 g/mol. The van der Waals surface area contributed by atoms with E-state index in [-0.39, 0.29) is 6.10 Å². The van der Waals surface area contributed by atoms with E-state index in [0.717, 1.165) is 35.3 Å². The lowest BCUT2D eigenvalue weighted by Crippen LogP contribution is -2.26. The Morgan fingerprint density at radius 3 is 2.73 bits per heavy atom. The Kier molecular flexibility index (Phi) is 3.03. The van der Waals surface area contributed by atoms with Crippen LogP contribution in [0, 0.1) is 12.8 Å². The molecular formula is C19H20O3. The highest BCUT2D eigenvalue weighted by molar-refractivity contribution is 5.46. The predicted octanol–water partition coefficient (Wildman–Crippen LogP) is 4.42. The number of benzene rings is 2. The molecule has 1 aliphatic carbocycles. The van der Waals surface area contributed by atoms with Crippen LogP contribution in [-0.4, -0.2) is 10.2 Å². The summed E-state index contributed by atoms with van der Waals surface area (Å²) in [4.78, 5) is 0.